The van der Waals surface area contributed by atoms with Crippen molar-refractivity contribution < 1.29 is 4.84 Å². The SMILES string of the molecule is CONCc1ccc2nnn(C)c2c1. The molecule has 0 saturated heterocycles. The Labute approximate surface area is 81.6 Å². The van der Waals surface area contributed by atoms with Crippen LogP contribution in [0.15, 0.2) is 18.2 Å². The Morgan fingerprint density at radius 3 is 3.14 bits per heavy atom. The van der Waals surface area contributed by atoms with Gasteiger partial charge >= 0.3 is 0 Å². The molecule has 2 aromatic rings. The maximum Gasteiger partial charge on any atom is 0.113 e. The lowest BCUT2D eigenvalue weighted by Gasteiger charge is -2.01. The smallest absolute Gasteiger partial charge is 0.113 e. The van der Waals surface area contributed by atoms with Crippen molar-refractivity contribution >= 4 is 11.0 Å². The van der Waals surface area contributed by atoms with Gasteiger partial charge in [0.15, 0.2) is 0 Å². The van der Waals surface area contributed by atoms with E-state index in [1.807, 2.05) is 25.2 Å². The summed E-state index contributed by atoms with van der Waals surface area (Å²) in [4.78, 5) is 4.78. The Bertz CT molecular complexity index is 437. The van der Waals surface area contributed by atoms with Crippen molar-refractivity contribution in [1.82, 2.24) is 20.5 Å². The van der Waals surface area contributed by atoms with Crippen LogP contribution in [0.1, 0.15) is 5.56 Å². The van der Waals surface area contributed by atoms with E-state index in [2.05, 4.69) is 15.8 Å². The van der Waals surface area contributed by atoms with Gasteiger partial charge < -0.3 is 4.84 Å². The van der Waals surface area contributed by atoms with Crippen LogP contribution in [0.25, 0.3) is 11.0 Å². The Hall–Kier alpha value is -1.46. The summed E-state index contributed by atoms with van der Waals surface area (Å²) in [7, 11) is 3.48. The number of aromatic nitrogens is 3. The molecule has 1 aromatic carbocycles. The molecule has 0 amide bonds. The fourth-order valence-electron chi connectivity index (χ4n) is 1.34. The van der Waals surface area contributed by atoms with Gasteiger partial charge in [0.25, 0.3) is 0 Å². The number of nitrogens with one attached hydrogen (secondary N) is 1. The molecule has 5 nitrogen and oxygen atoms in total. The number of fused-ring (bicyclic) bond motifs is 1. The maximum absolute atomic E-state index is 4.78. The molecule has 14 heavy (non-hydrogen) atoms. The van der Waals surface area contributed by atoms with Gasteiger partial charge in [0, 0.05) is 13.6 Å². The lowest BCUT2D eigenvalue weighted by Crippen LogP contribution is -2.10. The van der Waals surface area contributed by atoms with E-state index in [1.54, 1.807) is 11.8 Å². The van der Waals surface area contributed by atoms with Crippen LogP contribution in [0.3, 0.4) is 0 Å². The number of hydrogen-bond donors (Lipinski definition) is 1. The molecule has 0 radical (unpaired) electrons. The average Bonchev–Trinajstić information content (AvgIpc) is 2.57. The van der Waals surface area contributed by atoms with E-state index in [9.17, 15) is 0 Å². The molecule has 0 bridgehead atoms. The van der Waals surface area contributed by atoms with E-state index in [4.69, 9.17) is 4.84 Å². The molecule has 1 aromatic heterocycles. The standard InChI is InChI=1S/C9H12N4O/c1-13-9-5-7(6-10-14-2)3-4-8(9)11-12-13/h3-5,10H,6H2,1-2H3. The van der Waals surface area contributed by atoms with Crippen molar-refractivity contribution in [2.75, 3.05) is 7.11 Å². The fourth-order valence-corrected chi connectivity index (χ4v) is 1.34. The number of benzene rings is 1. The molecule has 5 heteroatoms. The van der Waals surface area contributed by atoms with E-state index < -0.39 is 0 Å². The molecule has 0 aliphatic rings. The molecule has 2 rings (SSSR count). The molecule has 0 unspecified atom stereocenters. The van der Waals surface area contributed by atoms with Crippen molar-refractivity contribution in [1.29, 1.82) is 0 Å². The Morgan fingerprint density at radius 1 is 1.50 bits per heavy atom. The summed E-state index contributed by atoms with van der Waals surface area (Å²) in [5, 5.41) is 7.93. The van der Waals surface area contributed by atoms with Crippen LogP contribution in [0.2, 0.25) is 0 Å². The first-order valence-electron chi connectivity index (χ1n) is 4.35. The second-order valence-electron chi connectivity index (χ2n) is 3.06. The number of nitrogens with zero attached hydrogens (tertiary/aromatic N) is 3. The summed E-state index contributed by atoms with van der Waals surface area (Å²) in [5.41, 5.74) is 5.87. The predicted molar refractivity (Wildman–Crippen MR) is 52.4 cm³/mol. The van der Waals surface area contributed by atoms with Crippen LogP contribution in [0.5, 0.6) is 0 Å². The summed E-state index contributed by atoms with van der Waals surface area (Å²) in [6.07, 6.45) is 0. The highest BCUT2D eigenvalue weighted by Gasteiger charge is 2.01. The second-order valence-corrected chi connectivity index (χ2v) is 3.06. The van der Waals surface area contributed by atoms with Crippen LogP contribution in [0, 0.1) is 0 Å². The fraction of sp³-hybridized carbons (Fsp3) is 0.333. The van der Waals surface area contributed by atoms with Gasteiger partial charge in [-0.05, 0) is 17.7 Å². The Morgan fingerprint density at radius 2 is 2.36 bits per heavy atom. The van der Waals surface area contributed by atoms with Crippen LogP contribution >= 0.6 is 0 Å². The third-order valence-corrected chi connectivity index (χ3v) is 2.10. The van der Waals surface area contributed by atoms with Gasteiger partial charge in [-0.2, -0.15) is 5.48 Å². The number of hydroxylamine groups is 1. The van der Waals surface area contributed by atoms with Crippen molar-refractivity contribution in [3.05, 3.63) is 23.8 Å². The quantitative estimate of drug-likeness (QED) is 0.724. The van der Waals surface area contributed by atoms with Gasteiger partial charge in [0.1, 0.15) is 5.52 Å². The van der Waals surface area contributed by atoms with Gasteiger partial charge in [-0.15, -0.1) is 5.10 Å². The summed E-state index contributed by atoms with van der Waals surface area (Å²) < 4.78 is 1.76. The molecular formula is C9H12N4O. The van der Waals surface area contributed by atoms with Gasteiger partial charge in [-0.25, -0.2) is 4.68 Å². The third-order valence-electron chi connectivity index (χ3n) is 2.10. The van der Waals surface area contributed by atoms with Crippen molar-refractivity contribution in [2.45, 2.75) is 6.54 Å². The third kappa shape index (κ3) is 1.59. The highest BCUT2D eigenvalue weighted by Crippen LogP contribution is 2.12. The Balaban J connectivity index is 2.34. The van der Waals surface area contributed by atoms with Gasteiger partial charge in [-0.3, -0.25) is 0 Å². The molecule has 0 fully saturated rings. The van der Waals surface area contributed by atoms with Gasteiger partial charge in [0.05, 0.1) is 12.6 Å². The van der Waals surface area contributed by atoms with Gasteiger partial charge in [-0.1, -0.05) is 11.3 Å². The minimum Gasteiger partial charge on any atom is -0.305 e. The molecule has 0 aliphatic carbocycles. The van der Waals surface area contributed by atoms with E-state index in [1.165, 1.54) is 0 Å². The average molecular weight is 192 g/mol. The summed E-state index contributed by atoms with van der Waals surface area (Å²) in [6, 6.07) is 6.00. The van der Waals surface area contributed by atoms with Crippen molar-refractivity contribution in [3.63, 3.8) is 0 Å². The van der Waals surface area contributed by atoms with Crippen molar-refractivity contribution in [3.8, 4) is 0 Å². The van der Waals surface area contributed by atoms with E-state index in [0.717, 1.165) is 16.6 Å². The molecule has 0 saturated carbocycles. The summed E-state index contributed by atoms with van der Waals surface area (Å²) in [6.45, 7) is 0.678. The van der Waals surface area contributed by atoms with Gasteiger partial charge in [0.2, 0.25) is 0 Å². The van der Waals surface area contributed by atoms with Crippen molar-refractivity contribution in [2.24, 2.45) is 7.05 Å². The molecule has 0 spiro atoms. The van der Waals surface area contributed by atoms with E-state index in [0.29, 0.717) is 6.54 Å². The lowest BCUT2D eigenvalue weighted by atomic mass is 10.2. The first-order chi connectivity index (χ1) is 6.81. The molecule has 0 atom stereocenters. The predicted octanol–water partition coefficient (Wildman–Crippen LogP) is 0.619. The topological polar surface area (TPSA) is 52.0 Å². The molecule has 0 aliphatic heterocycles. The zero-order valence-corrected chi connectivity index (χ0v) is 8.19. The largest absolute Gasteiger partial charge is 0.305 e. The molecule has 1 heterocycles. The normalized spacial score (nSPS) is 11.0. The minimum atomic E-state index is 0.678. The molecule has 1 N–H and O–H groups in total. The highest BCUT2D eigenvalue weighted by molar-refractivity contribution is 5.74. The summed E-state index contributed by atoms with van der Waals surface area (Å²) >= 11 is 0. The number of rotatable bonds is 3. The monoisotopic (exact) mass is 192 g/mol. The number of aryl methyl sites for hydroxylation is 1. The van der Waals surface area contributed by atoms with E-state index >= 15 is 0 Å². The number of hydrogen-bond acceptors (Lipinski definition) is 4. The lowest BCUT2D eigenvalue weighted by molar-refractivity contribution is 0.0867. The maximum atomic E-state index is 4.78. The minimum absolute atomic E-state index is 0.678. The zero-order chi connectivity index (χ0) is 9.97. The van der Waals surface area contributed by atoms with Crippen LogP contribution in [0.4, 0.5) is 0 Å². The molecular weight excluding hydrogens is 180 g/mol. The van der Waals surface area contributed by atoms with Crippen LogP contribution < -0.4 is 5.48 Å². The zero-order valence-electron chi connectivity index (χ0n) is 8.19. The van der Waals surface area contributed by atoms with E-state index in [-0.39, 0.29) is 0 Å². The second kappa shape index (κ2) is 3.73. The Kier molecular flexibility index (Phi) is 2.43. The van der Waals surface area contributed by atoms with Crippen LogP contribution in [-0.4, -0.2) is 22.1 Å². The molecule has 74 valence electrons. The first-order valence-corrected chi connectivity index (χ1v) is 4.35. The highest BCUT2D eigenvalue weighted by atomic mass is 16.6. The summed E-state index contributed by atoms with van der Waals surface area (Å²) in [5.74, 6) is 0. The first kappa shape index (κ1) is 9.11. The van der Waals surface area contributed by atoms with Crippen LogP contribution in [-0.2, 0) is 18.4 Å².